The highest BCUT2D eigenvalue weighted by Gasteiger charge is 2.33. The molecule has 1 aliphatic heterocycles. The fourth-order valence-corrected chi connectivity index (χ4v) is 3.30. The number of amides is 2. The number of carboxylic acids is 1. The predicted molar refractivity (Wildman–Crippen MR) is 100 cm³/mol. The highest BCUT2D eigenvalue weighted by molar-refractivity contribution is 5.98. The molecule has 1 aliphatic rings. The molecule has 6 heteroatoms. The quantitative estimate of drug-likeness (QED) is 0.851. The molecule has 27 heavy (non-hydrogen) atoms. The summed E-state index contributed by atoms with van der Waals surface area (Å²) in [6, 6.07) is 16.9. The zero-order valence-electron chi connectivity index (χ0n) is 14.9. The van der Waals surface area contributed by atoms with Gasteiger partial charge < -0.3 is 15.3 Å². The molecule has 2 aromatic rings. The maximum absolute atomic E-state index is 13.2. The largest absolute Gasteiger partial charge is 0.481 e. The third-order valence-electron chi connectivity index (χ3n) is 4.77. The fraction of sp³-hybridized carbons (Fsp3) is 0.286. The Bertz CT molecular complexity index is 807. The summed E-state index contributed by atoms with van der Waals surface area (Å²) in [6.07, 6.45) is 1.20. The van der Waals surface area contributed by atoms with Gasteiger partial charge in [-0.25, -0.2) is 0 Å². The van der Waals surface area contributed by atoms with Gasteiger partial charge in [0.25, 0.3) is 5.91 Å². The topological polar surface area (TPSA) is 86.7 Å². The van der Waals surface area contributed by atoms with Gasteiger partial charge in [-0.15, -0.1) is 0 Å². The van der Waals surface area contributed by atoms with Crippen LogP contribution in [0.4, 0.5) is 0 Å². The number of hydrogen-bond donors (Lipinski definition) is 2. The molecular formula is C21H22N2O4. The number of carboxylic acid groups (broad SMARTS) is 1. The van der Waals surface area contributed by atoms with Gasteiger partial charge in [0.2, 0.25) is 5.91 Å². The van der Waals surface area contributed by atoms with Crippen LogP contribution >= 0.6 is 0 Å². The fourth-order valence-electron chi connectivity index (χ4n) is 3.30. The molecule has 0 aliphatic carbocycles. The molecule has 2 N–H and O–H groups in total. The summed E-state index contributed by atoms with van der Waals surface area (Å²) >= 11 is 0. The number of carbonyl (C=O) groups excluding carboxylic acids is 2. The normalized spacial score (nSPS) is 17.8. The van der Waals surface area contributed by atoms with Crippen LogP contribution in [0.25, 0.3) is 0 Å². The minimum atomic E-state index is -0.892. The lowest BCUT2D eigenvalue weighted by atomic mass is 9.96. The van der Waals surface area contributed by atoms with Crippen LogP contribution in [-0.2, 0) is 9.59 Å². The molecule has 2 amide bonds. The zero-order valence-corrected chi connectivity index (χ0v) is 14.9. The Morgan fingerprint density at radius 2 is 1.63 bits per heavy atom. The van der Waals surface area contributed by atoms with E-state index in [1.807, 2.05) is 12.1 Å². The van der Waals surface area contributed by atoms with Gasteiger partial charge in [0.05, 0.1) is 5.92 Å². The Hall–Kier alpha value is -3.15. The minimum absolute atomic E-state index is 0.165. The summed E-state index contributed by atoms with van der Waals surface area (Å²) in [7, 11) is 0. The van der Waals surface area contributed by atoms with E-state index >= 15 is 0 Å². The first kappa shape index (κ1) is 18.6. The highest BCUT2D eigenvalue weighted by Crippen LogP contribution is 2.22. The van der Waals surface area contributed by atoms with Crippen LogP contribution in [0.5, 0.6) is 0 Å². The number of hydrogen-bond acceptors (Lipinski definition) is 3. The highest BCUT2D eigenvalue weighted by atomic mass is 16.4. The van der Waals surface area contributed by atoms with E-state index < -0.39 is 17.9 Å². The molecule has 0 aromatic heterocycles. The lowest BCUT2D eigenvalue weighted by Gasteiger charge is -2.33. The lowest BCUT2D eigenvalue weighted by molar-refractivity contribution is -0.146. The summed E-state index contributed by atoms with van der Waals surface area (Å²) in [5.74, 6) is -2.08. The van der Waals surface area contributed by atoms with Crippen molar-refractivity contribution < 1.29 is 19.5 Å². The molecular weight excluding hydrogens is 344 g/mol. The van der Waals surface area contributed by atoms with E-state index in [2.05, 4.69) is 5.32 Å². The number of rotatable bonds is 5. The summed E-state index contributed by atoms with van der Waals surface area (Å²) in [5, 5.41) is 12.1. The molecule has 2 aromatic carbocycles. The predicted octanol–water partition coefficient (Wildman–Crippen LogP) is 2.48. The third-order valence-corrected chi connectivity index (χ3v) is 4.77. The summed E-state index contributed by atoms with van der Waals surface area (Å²) < 4.78 is 0. The van der Waals surface area contributed by atoms with Crippen LogP contribution in [0.3, 0.4) is 0 Å². The van der Waals surface area contributed by atoms with E-state index in [-0.39, 0.29) is 18.4 Å². The van der Waals surface area contributed by atoms with Crippen molar-refractivity contribution in [3.05, 3.63) is 71.8 Å². The Labute approximate surface area is 157 Å². The van der Waals surface area contributed by atoms with E-state index in [9.17, 15) is 19.5 Å². The summed E-state index contributed by atoms with van der Waals surface area (Å²) in [6.45, 7) is 0.659. The van der Waals surface area contributed by atoms with Crippen LogP contribution < -0.4 is 5.32 Å². The standard InChI is InChI=1S/C21H22N2O4/c24-19(16-10-5-2-6-11-16)22-18(15-8-3-1-4-9-15)20(25)23-13-7-12-17(14-23)21(26)27/h1-6,8-11,17-18H,7,12-14H2,(H,22,24)(H,26,27)/t17-,18+/m0/s1. The van der Waals surface area contributed by atoms with Gasteiger partial charge in [-0.2, -0.15) is 0 Å². The van der Waals surface area contributed by atoms with Crippen molar-refractivity contribution in [1.82, 2.24) is 10.2 Å². The maximum atomic E-state index is 13.2. The van der Waals surface area contributed by atoms with Gasteiger partial charge in [0.1, 0.15) is 6.04 Å². The van der Waals surface area contributed by atoms with Crippen LogP contribution in [-0.4, -0.2) is 40.9 Å². The Morgan fingerprint density at radius 3 is 2.26 bits per heavy atom. The van der Waals surface area contributed by atoms with Crippen molar-refractivity contribution in [3.63, 3.8) is 0 Å². The first-order chi connectivity index (χ1) is 13.1. The molecule has 6 nitrogen and oxygen atoms in total. The van der Waals surface area contributed by atoms with Crippen molar-refractivity contribution in [3.8, 4) is 0 Å². The Balaban J connectivity index is 1.83. The van der Waals surface area contributed by atoms with Gasteiger partial charge in [0, 0.05) is 18.7 Å². The number of piperidine rings is 1. The average molecular weight is 366 g/mol. The number of nitrogens with one attached hydrogen (secondary N) is 1. The van der Waals surface area contributed by atoms with Gasteiger partial charge >= 0.3 is 5.97 Å². The second-order valence-electron chi connectivity index (χ2n) is 6.64. The average Bonchev–Trinajstić information content (AvgIpc) is 2.72. The second kappa shape index (κ2) is 8.49. The number of carbonyl (C=O) groups is 3. The van der Waals surface area contributed by atoms with Crippen molar-refractivity contribution in [2.45, 2.75) is 18.9 Å². The molecule has 140 valence electrons. The molecule has 1 heterocycles. The SMILES string of the molecule is O=C(N[C@@H](C(=O)N1CCC[C@H](C(=O)O)C1)c1ccccc1)c1ccccc1. The first-order valence-corrected chi connectivity index (χ1v) is 8.98. The maximum Gasteiger partial charge on any atom is 0.308 e. The van der Waals surface area contributed by atoms with Gasteiger partial charge in [-0.1, -0.05) is 48.5 Å². The monoisotopic (exact) mass is 366 g/mol. The number of benzene rings is 2. The van der Waals surface area contributed by atoms with Crippen molar-refractivity contribution >= 4 is 17.8 Å². The lowest BCUT2D eigenvalue weighted by Crippen LogP contribution is -2.48. The van der Waals surface area contributed by atoms with Crippen LogP contribution in [0, 0.1) is 5.92 Å². The molecule has 0 unspecified atom stereocenters. The van der Waals surface area contributed by atoms with E-state index in [0.29, 0.717) is 30.5 Å². The second-order valence-corrected chi connectivity index (χ2v) is 6.64. The molecule has 2 atom stereocenters. The van der Waals surface area contributed by atoms with Crippen molar-refractivity contribution in [2.24, 2.45) is 5.92 Å². The van der Waals surface area contributed by atoms with E-state index in [0.717, 1.165) is 0 Å². The summed E-state index contributed by atoms with van der Waals surface area (Å²) in [4.78, 5) is 38.6. The van der Waals surface area contributed by atoms with Gasteiger partial charge in [0.15, 0.2) is 0 Å². The molecule has 0 radical (unpaired) electrons. The zero-order chi connectivity index (χ0) is 19.2. The molecule has 3 rings (SSSR count). The summed E-state index contributed by atoms with van der Waals surface area (Å²) in [5.41, 5.74) is 1.14. The minimum Gasteiger partial charge on any atom is -0.481 e. The smallest absolute Gasteiger partial charge is 0.308 e. The Kier molecular flexibility index (Phi) is 5.86. The molecule has 0 saturated carbocycles. The Morgan fingerprint density at radius 1 is 1.00 bits per heavy atom. The van der Waals surface area contributed by atoms with Crippen molar-refractivity contribution in [2.75, 3.05) is 13.1 Å². The van der Waals surface area contributed by atoms with Gasteiger partial charge in [-0.3, -0.25) is 14.4 Å². The molecule has 0 spiro atoms. The van der Waals surface area contributed by atoms with Crippen LogP contribution in [0.1, 0.15) is 34.8 Å². The molecule has 1 saturated heterocycles. The van der Waals surface area contributed by atoms with E-state index in [4.69, 9.17) is 0 Å². The molecule has 1 fully saturated rings. The number of aliphatic carboxylic acids is 1. The third kappa shape index (κ3) is 4.53. The number of nitrogens with zero attached hydrogens (tertiary/aromatic N) is 1. The molecule has 0 bridgehead atoms. The van der Waals surface area contributed by atoms with Crippen molar-refractivity contribution in [1.29, 1.82) is 0 Å². The van der Waals surface area contributed by atoms with E-state index in [1.165, 1.54) is 0 Å². The van der Waals surface area contributed by atoms with Crippen LogP contribution in [0.2, 0.25) is 0 Å². The first-order valence-electron chi connectivity index (χ1n) is 8.98. The van der Waals surface area contributed by atoms with Gasteiger partial charge in [-0.05, 0) is 30.5 Å². The number of likely N-dealkylation sites (tertiary alicyclic amines) is 1. The van der Waals surface area contributed by atoms with Crippen LogP contribution in [0.15, 0.2) is 60.7 Å². The van der Waals surface area contributed by atoms with E-state index in [1.54, 1.807) is 53.4 Å².